The van der Waals surface area contributed by atoms with Crippen LogP contribution in [0, 0.1) is 13.8 Å². The minimum absolute atomic E-state index is 0.0636. The van der Waals surface area contributed by atoms with Gasteiger partial charge in [-0.25, -0.2) is 8.42 Å². The molecule has 1 aromatic carbocycles. The van der Waals surface area contributed by atoms with Crippen molar-refractivity contribution in [1.82, 2.24) is 9.21 Å². The van der Waals surface area contributed by atoms with Crippen molar-refractivity contribution in [1.29, 1.82) is 0 Å². The van der Waals surface area contributed by atoms with Crippen molar-refractivity contribution >= 4 is 15.9 Å². The Hall–Kier alpha value is -1.66. The van der Waals surface area contributed by atoms with E-state index in [1.807, 2.05) is 19.1 Å². The van der Waals surface area contributed by atoms with Crippen LogP contribution in [0.1, 0.15) is 18.1 Å². The van der Waals surface area contributed by atoms with Crippen LogP contribution in [-0.2, 0) is 14.8 Å². The van der Waals surface area contributed by atoms with E-state index in [1.54, 1.807) is 30.9 Å². The van der Waals surface area contributed by atoms with Crippen molar-refractivity contribution < 1.29 is 13.2 Å². The number of carbonyl (C=O) groups excluding carboxylic acids is 1. The van der Waals surface area contributed by atoms with Crippen molar-refractivity contribution in [2.45, 2.75) is 25.7 Å². The third-order valence-electron chi connectivity index (χ3n) is 3.82. The van der Waals surface area contributed by atoms with Crippen LogP contribution in [0.2, 0.25) is 0 Å². The van der Waals surface area contributed by atoms with E-state index < -0.39 is 10.0 Å². The number of piperazine rings is 1. The van der Waals surface area contributed by atoms with Gasteiger partial charge in [0.1, 0.15) is 0 Å². The molecule has 6 heteroatoms. The quantitative estimate of drug-likeness (QED) is 0.796. The predicted octanol–water partition coefficient (Wildman–Crippen LogP) is 1.71. The Morgan fingerprint density at radius 1 is 1.14 bits per heavy atom. The van der Waals surface area contributed by atoms with Crippen LogP contribution < -0.4 is 0 Å². The van der Waals surface area contributed by atoms with Gasteiger partial charge >= 0.3 is 0 Å². The normalized spacial score (nSPS) is 17.1. The Balaban J connectivity index is 2.16. The van der Waals surface area contributed by atoms with Crippen molar-refractivity contribution in [3.63, 3.8) is 0 Å². The monoisotopic (exact) mass is 322 g/mol. The van der Waals surface area contributed by atoms with Gasteiger partial charge in [-0.3, -0.25) is 4.79 Å². The summed E-state index contributed by atoms with van der Waals surface area (Å²) >= 11 is 0. The molecular formula is C16H22N2O3S. The predicted molar refractivity (Wildman–Crippen MR) is 86.1 cm³/mol. The van der Waals surface area contributed by atoms with Gasteiger partial charge in [-0.15, -0.1) is 0 Å². The first-order valence-electron chi connectivity index (χ1n) is 7.35. The Morgan fingerprint density at radius 2 is 1.77 bits per heavy atom. The fraction of sp³-hybridized carbons (Fsp3) is 0.438. The molecule has 0 atom stereocenters. The van der Waals surface area contributed by atoms with E-state index in [0.717, 1.165) is 11.1 Å². The van der Waals surface area contributed by atoms with Gasteiger partial charge in [0.05, 0.1) is 4.90 Å². The highest BCUT2D eigenvalue weighted by molar-refractivity contribution is 7.89. The fourth-order valence-corrected chi connectivity index (χ4v) is 4.25. The summed E-state index contributed by atoms with van der Waals surface area (Å²) < 4.78 is 27.0. The van der Waals surface area contributed by atoms with E-state index in [2.05, 4.69) is 0 Å². The molecule has 1 amide bonds. The smallest absolute Gasteiger partial charge is 0.246 e. The summed E-state index contributed by atoms with van der Waals surface area (Å²) in [6.07, 6.45) is 3.20. The summed E-state index contributed by atoms with van der Waals surface area (Å²) in [4.78, 5) is 13.8. The molecule has 0 saturated carbocycles. The molecule has 0 spiro atoms. The molecule has 1 heterocycles. The molecule has 1 aromatic rings. The number of hydrogen-bond donors (Lipinski definition) is 0. The lowest BCUT2D eigenvalue weighted by Gasteiger charge is -2.33. The topological polar surface area (TPSA) is 57.7 Å². The lowest BCUT2D eigenvalue weighted by atomic mass is 10.2. The van der Waals surface area contributed by atoms with Gasteiger partial charge in [-0.1, -0.05) is 18.2 Å². The zero-order chi connectivity index (χ0) is 16.3. The number of rotatable bonds is 3. The second-order valence-corrected chi connectivity index (χ2v) is 7.40. The number of nitrogens with zero attached hydrogens (tertiary/aromatic N) is 2. The Bertz CT molecular complexity index is 687. The van der Waals surface area contributed by atoms with Gasteiger partial charge in [0.15, 0.2) is 0 Å². The first-order valence-corrected chi connectivity index (χ1v) is 8.79. The second-order valence-electron chi connectivity index (χ2n) is 5.50. The summed E-state index contributed by atoms with van der Waals surface area (Å²) in [5.74, 6) is -0.0636. The SMILES string of the molecule is C/C=C/C(=O)N1CCN(S(=O)(=O)c2cc(C)ccc2C)CC1. The molecule has 1 aliphatic heterocycles. The summed E-state index contributed by atoms with van der Waals surface area (Å²) in [5, 5.41) is 0. The highest BCUT2D eigenvalue weighted by Gasteiger charge is 2.30. The Morgan fingerprint density at radius 3 is 2.36 bits per heavy atom. The van der Waals surface area contributed by atoms with Crippen molar-refractivity contribution in [2.24, 2.45) is 0 Å². The maximum absolute atomic E-state index is 12.8. The lowest BCUT2D eigenvalue weighted by Crippen LogP contribution is -2.50. The van der Waals surface area contributed by atoms with Gasteiger partial charge in [-0.05, 0) is 44.0 Å². The molecule has 0 aromatic heterocycles. The zero-order valence-electron chi connectivity index (χ0n) is 13.2. The molecule has 0 aliphatic carbocycles. The molecule has 22 heavy (non-hydrogen) atoms. The first-order chi connectivity index (χ1) is 10.4. The van der Waals surface area contributed by atoms with Gasteiger partial charge in [0.2, 0.25) is 15.9 Å². The van der Waals surface area contributed by atoms with E-state index in [9.17, 15) is 13.2 Å². The maximum atomic E-state index is 12.8. The first kappa shape index (κ1) is 16.7. The number of amides is 1. The number of aryl methyl sites for hydroxylation is 2. The molecule has 120 valence electrons. The van der Waals surface area contributed by atoms with E-state index >= 15 is 0 Å². The minimum atomic E-state index is -3.50. The van der Waals surface area contributed by atoms with Crippen molar-refractivity contribution in [2.75, 3.05) is 26.2 Å². The zero-order valence-corrected chi connectivity index (χ0v) is 14.1. The highest BCUT2D eigenvalue weighted by Crippen LogP contribution is 2.22. The number of allylic oxidation sites excluding steroid dienone is 1. The maximum Gasteiger partial charge on any atom is 0.246 e. The van der Waals surface area contributed by atoms with E-state index in [0.29, 0.717) is 31.1 Å². The van der Waals surface area contributed by atoms with Crippen LogP contribution in [-0.4, -0.2) is 49.7 Å². The molecule has 1 saturated heterocycles. The van der Waals surface area contributed by atoms with E-state index in [1.165, 1.54) is 10.4 Å². The van der Waals surface area contributed by atoms with Gasteiger partial charge in [0, 0.05) is 26.2 Å². The number of hydrogen-bond acceptors (Lipinski definition) is 3. The molecule has 5 nitrogen and oxygen atoms in total. The third-order valence-corrected chi connectivity index (χ3v) is 5.86. The molecule has 0 radical (unpaired) electrons. The van der Waals surface area contributed by atoms with Crippen LogP contribution in [0.5, 0.6) is 0 Å². The standard InChI is InChI=1S/C16H22N2O3S/c1-4-5-16(19)17-8-10-18(11-9-17)22(20,21)15-12-13(2)6-7-14(15)3/h4-7,12H,8-11H2,1-3H3/b5-4+. The summed E-state index contributed by atoms with van der Waals surface area (Å²) in [5.41, 5.74) is 1.67. The molecule has 2 rings (SSSR count). The second kappa shape index (κ2) is 6.62. The fourth-order valence-electron chi connectivity index (χ4n) is 2.52. The van der Waals surface area contributed by atoms with E-state index in [4.69, 9.17) is 0 Å². The molecule has 0 N–H and O–H groups in total. The molecule has 0 bridgehead atoms. The largest absolute Gasteiger partial charge is 0.337 e. The van der Waals surface area contributed by atoms with Crippen molar-refractivity contribution in [3.8, 4) is 0 Å². The number of benzene rings is 1. The van der Waals surface area contributed by atoms with Gasteiger partial charge in [-0.2, -0.15) is 4.31 Å². The average Bonchev–Trinajstić information content (AvgIpc) is 2.50. The number of sulfonamides is 1. The summed E-state index contributed by atoms with van der Waals surface area (Å²) in [6.45, 7) is 6.99. The van der Waals surface area contributed by atoms with Crippen LogP contribution in [0.15, 0.2) is 35.2 Å². The van der Waals surface area contributed by atoms with Crippen LogP contribution in [0.3, 0.4) is 0 Å². The average molecular weight is 322 g/mol. The molecule has 1 fully saturated rings. The van der Waals surface area contributed by atoms with Crippen molar-refractivity contribution in [3.05, 3.63) is 41.5 Å². The summed E-state index contributed by atoms with van der Waals surface area (Å²) in [6, 6.07) is 5.44. The van der Waals surface area contributed by atoms with Crippen LogP contribution in [0.4, 0.5) is 0 Å². The van der Waals surface area contributed by atoms with Crippen LogP contribution in [0.25, 0.3) is 0 Å². The molecular weight excluding hydrogens is 300 g/mol. The Labute approximate surface area is 132 Å². The molecule has 0 unspecified atom stereocenters. The summed E-state index contributed by atoms with van der Waals surface area (Å²) in [7, 11) is -3.50. The third kappa shape index (κ3) is 3.39. The van der Waals surface area contributed by atoms with E-state index in [-0.39, 0.29) is 5.91 Å². The number of carbonyl (C=O) groups is 1. The molecule has 1 aliphatic rings. The van der Waals surface area contributed by atoms with Crippen LogP contribution >= 0.6 is 0 Å². The van der Waals surface area contributed by atoms with Gasteiger partial charge in [0.25, 0.3) is 0 Å². The lowest BCUT2D eigenvalue weighted by molar-refractivity contribution is -0.127. The minimum Gasteiger partial charge on any atom is -0.337 e. The highest BCUT2D eigenvalue weighted by atomic mass is 32.2. The Kier molecular flexibility index (Phi) is 5.03. The van der Waals surface area contributed by atoms with Gasteiger partial charge < -0.3 is 4.90 Å².